The van der Waals surface area contributed by atoms with Crippen LogP contribution in [0.2, 0.25) is 0 Å². The third-order valence-corrected chi connectivity index (χ3v) is 3.69. The lowest BCUT2D eigenvalue weighted by molar-refractivity contribution is 0.468. The number of hydrogen-bond acceptors (Lipinski definition) is 4. The van der Waals surface area contributed by atoms with Gasteiger partial charge in [0.05, 0.1) is 0 Å². The first-order chi connectivity index (χ1) is 6.74. The maximum Gasteiger partial charge on any atom is 0.202 e. The molecule has 1 heterocycles. The van der Waals surface area contributed by atoms with Crippen LogP contribution >= 0.6 is 23.1 Å². The molecule has 0 aromatic carbocycles. The highest BCUT2D eigenvalue weighted by molar-refractivity contribution is 7.09. The molecule has 1 aromatic rings. The number of nitrogens with zero attached hydrogens (tertiary/aromatic N) is 2. The molecule has 0 spiro atoms. The van der Waals surface area contributed by atoms with Crippen molar-refractivity contribution in [1.82, 2.24) is 9.36 Å². The Labute approximate surface area is 93.1 Å². The second-order valence-corrected chi connectivity index (χ2v) is 5.11. The van der Waals surface area contributed by atoms with Gasteiger partial charge >= 0.3 is 0 Å². The number of aromatic nitrogens is 2. The minimum absolute atomic E-state index is 0.379. The Balaban J connectivity index is 1.86. The normalized spacial score (nSPS) is 27.6. The molecule has 1 aromatic heterocycles. The van der Waals surface area contributed by atoms with Crippen LogP contribution in [0.15, 0.2) is 0 Å². The zero-order chi connectivity index (χ0) is 9.97. The maximum atomic E-state index is 6.04. The molecule has 0 radical (unpaired) electrons. The van der Waals surface area contributed by atoms with Crippen molar-refractivity contribution in [1.29, 1.82) is 0 Å². The largest absolute Gasteiger partial charge is 0.358 e. The van der Waals surface area contributed by atoms with Crippen molar-refractivity contribution < 1.29 is 0 Å². The minimum atomic E-state index is 0.379. The van der Waals surface area contributed by atoms with Crippen LogP contribution in [-0.2, 0) is 0 Å². The summed E-state index contributed by atoms with van der Waals surface area (Å²) in [6, 6.07) is 0.539. The van der Waals surface area contributed by atoms with Gasteiger partial charge in [-0.3, -0.25) is 0 Å². The van der Waals surface area contributed by atoms with Crippen molar-refractivity contribution >= 4 is 28.3 Å². The molecule has 14 heavy (non-hydrogen) atoms. The predicted octanol–water partition coefficient (Wildman–Crippen LogP) is 2.81. The molecule has 1 aliphatic rings. The van der Waals surface area contributed by atoms with Crippen molar-refractivity contribution in [2.45, 2.75) is 44.0 Å². The van der Waals surface area contributed by atoms with Crippen LogP contribution in [0.3, 0.4) is 0 Å². The third-order valence-electron chi connectivity index (χ3n) is 2.51. The van der Waals surface area contributed by atoms with E-state index in [-0.39, 0.29) is 0 Å². The summed E-state index contributed by atoms with van der Waals surface area (Å²) in [4.78, 5) is 4.29. The van der Waals surface area contributed by atoms with Crippen LogP contribution in [0, 0.1) is 6.92 Å². The van der Waals surface area contributed by atoms with E-state index in [0.717, 1.165) is 36.6 Å². The summed E-state index contributed by atoms with van der Waals surface area (Å²) in [5.41, 5.74) is 0. The second-order valence-electron chi connectivity index (χ2n) is 3.74. The number of alkyl halides is 1. The molecule has 0 amide bonds. The molecule has 0 saturated heterocycles. The first kappa shape index (κ1) is 10.2. The van der Waals surface area contributed by atoms with Gasteiger partial charge in [-0.2, -0.15) is 4.37 Å². The lowest BCUT2D eigenvalue weighted by Gasteiger charge is -2.25. The van der Waals surface area contributed by atoms with Gasteiger partial charge in [0.25, 0.3) is 0 Å². The molecule has 0 unspecified atom stereocenters. The van der Waals surface area contributed by atoms with Crippen LogP contribution in [0.4, 0.5) is 5.13 Å². The first-order valence-corrected chi connectivity index (χ1v) is 6.16. The Morgan fingerprint density at radius 2 is 2.07 bits per heavy atom. The van der Waals surface area contributed by atoms with Gasteiger partial charge in [-0.05, 0) is 32.6 Å². The highest BCUT2D eigenvalue weighted by Gasteiger charge is 2.19. The molecule has 1 saturated carbocycles. The lowest BCUT2D eigenvalue weighted by Crippen LogP contribution is -2.26. The summed E-state index contributed by atoms with van der Waals surface area (Å²) in [6.07, 6.45) is 4.51. The van der Waals surface area contributed by atoms with Gasteiger partial charge in [0.15, 0.2) is 0 Å². The third kappa shape index (κ3) is 2.58. The quantitative estimate of drug-likeness (QED) is 0.796. The smallest absolute Gasteiger partial charge is 0.202 e. The fourth-order valence-electron chi connectivity index (χ4n) is 1.73. The monoisotopic (exact) mass is 231 g/mol. The van der Waals surface area contributed by atoms with Crippen molar-refractivity contribution in [3.8, 4) is 0 Å². The molecular formula is C9H14ClN3S. The number of rotatable bonds is 2. The number of halogens is 1. The van der Waals surface area contributed by atoms with Crippen molar-refractivity contribution in [3.05, 3.63) is 5.82 Å². The number of anilines is 1. The highest BCUT2D eigenvalue weighted by Crippen LogP contribution is 2.25. The van der Waals surface area contributed by atoms with Crippen molar-refractivity contribution in [2.75, 3.05) is 5.32 Å². The van der Waals surface area contributed by atoms with Crippen molar-refractivity contribution in [3.63, 3.8) is 0 Å². The summed E-state index contributed by atoms with van der Waals surface area (Å²) in [6.45, 7) is 1.91. The molecule has 2 rings (SSSR count). The van der Waals surface area contributed by atoms with E-state index < -0.39 is 0 Å². The van der Waals surface area contributed by atoms with Crippen LogP contribution in [0.1, 0.15) is 31.5 Å². The lowest BCUT2D eigenvalue weighted by atomic mass is 9.95. The molecular weight excluding hydrogens is 218 g/mol. The Hall–Kier alpha value is -0.350. The van der Waals surface area contributed by atoms with Crippen LogP contribution in [-0.4, -0.2) is 20.8 Å². The van der Waals surface area contributed by atoms with Crippen LogP contribution in [0.5, 0.6) is 0 Å². The van der Waals surface area contributed by atoms with E-state index in [1.165, 1.54) is 11.5 Å². The first-order valence-electron chi connectivity index (χ1n) is 4.95. The van der Waals surface area contributed by atoms with Gasteiger partial charge in [-0.1, -0.05) is 0 Å². The molecule has 1 fully saturated rings. The van der Waals surface area contributed by atoms with E-state index >= 15 is 0 Å². The Morgan fingerprint density at radius 3 is 2.64 bits per heavy atom. The van der Waals surface area contributed by atoms with Crippen molar-refractivity contribution in [2.24, 2.45) is 0 Å². The Kier molecular flexibility index (Phi) is 3.23. The average Bonchev–Trinajstić information content (AvgIpc) is 2.56. The van der Waals surface area contributed by atoms with E-state index in [9.17, 15) is 0 Å². The van der Waals surface area contributed by atoms with Gasteiger partial charge < -0.3 is 5.32 Å². The number of nitrogens with one attached hydrogen (secondary N) is 1. The zero-order valence-corrected chi connectivity index (χ0v) is 9.74. The van der Waals surface area contributed by atoms with E-state index in [1.807, 2.05) is 6.92 Å². The molecule has 0 bridgehead atoms. The van der Waals surface area contributed by atoms with E-state index in [1.54, 1.807) is 0 Å². The summed E-state index contributed by atoms with van der Waals surface area (Å²) >= 11 is 7.47. The van der Waals surface area contributed by atoms with Gasteiger partial charge in [-0.25, -0.2) is 4.98 Å². The molecule has 78 valence electrons. The highest BCUT2D eigenvalue weighted by atomic mass is 35.5. The van der Waals surface area contributed by atoms with E-state index in [0.29, 0.717) is 11.4 Å². The summed E-state index contributed by atoms with van der Waals surface area (Å²) in [7, 11) is 0. The standard InChI is InChI=1S/C9H14ClN3S/c1-6-11-9(14-13-6)12-8-4-2-7(10)3-5-8/h7-8H,2-5H2,1H3,(H,11,12,13). The fourth-order valence-corrected chi connectivity index (χ4v) is 2.63. The number of aryl methyl sites for hydroxylation is 1. The van der Waals surface area contributed by atoms with Gasteiger partial charge in [0.2, 0.25) is 5.13 Å². The van der Waals surface area contributed by atoms with Crippen LogP contribution < -0.4 is 5.32 Å². The molecule has 5 heteroatoms. The van der Waals surface area contributed by atoms with Crippen LogP contribution in [0.25, 0.3) is 0 Å². The predicted molar refractivity (Wildman–Crippen MR) is 60.2 cm³/mol. The van der Waals surface area contributed by atoms with Gasteiger partial charge in [0, 0.05) is 23.0 Å². The van der Waals surface area contributed by atoms with E-state index in [2.05, 4.69) is 14.7 Å². The molecule has 3 nitrogen and oxygen atoms in total. The SMILES string of the molecule is Cc1nsc(NC2CCC(Cl)CC2)n1. The summed E-state index contributed by atoms with van der Waals surface area (Å²) < 4.78 is 4.14. The Morgan fingerprint density at radius 1 is 1.36 bits per heavy atom. The average molecular weight is 232 g/mol. The second kappa shape index (κ2) is 4.45. The van der Waals surface area contributed by atoms with Gasteiger partial charge in [0.1, 0.15) is 5.82 Å². The topological polar surface area (TPSA) is 37.8 Å². The molecule has 0 aliphatic heterocycles. The zero-order valence-electron chi connectivity index (χ0n) is 8.16. The fraction of sp³-hybridized carbons (Fsp3) is 0.778. The minimum Gasteiger partial charge on any atom is -0.358 e. The molecule has 1 N–H and O–H groups in total. The van der Waals surface area contributed by atoms with E-state index in [4.69, 9.17) is 11.6 Å². The van der Waals surface area contributed by atoms with Gasteiger partial charge in [-0.15, -0.1) is 11.6 Å². The number of hydrogen-bond donors (Lipinski definition) is 1. The summed E-state index contributed by atoms with van der Waals surface area (Å²) in [5, 5.41) is 4.73. The summed E-state index contributed by atoms with van der Waals surface area (Å²) in [5.74, 6) is 0.850. The molecule has 0 atom stereocenters. The maximum absolute atomic E-state index is 6.04. The molecule has 1 aliphatic carbocycles. The Bertz CT molecular complexity index is 294.